The predicted molar refractivity (Wildman–Crippen MR) is 75.5 cm³/mol. The first-order valence-electron chi connectivity index (χ1n) is 5.72. The lowest BCUT2D eigenvalue weighted by Crippen LogP contribution is -2.11. The Balaban J connectivity index is 1.87. The number of anilines is 1. The molecule has 0 aliphatic heterocycles. The summed E-state index contributed by atoms with van der Waals surface area (Å²) in [6, 6.07) is 12.4. The van der Waals surface area contributed by atoms with Gasteiger partial charge in [-0.2, -0.15) is 5.10 Å². The molecule has 0 unspecified atom stereocenters. The Morgan fingerprint density at radius 1 is 1.21 bits per heavy atom. The van der Waals surface area contributed by atoms with Gasteiger partial charge < -0.3 is 5.32 Å². The number of hydrogen-bond acceptors (Lipinski definition) is 2. The molecule has 94 valence electrons. The van der Waals surface area contributed by atoms with E-state index in [2.05, 4.69) is 15.5 Å². The number of aromatic amines is 1. The molecule has 2 N–H and O–H groups in total. The summed E-state index contributed by atoms with van der Waals surface area (Å²) in [4.78, 5) is 12.1. The van der Waals surface area contributed by atoms with Gasteiger partial charge in [-0.1, -0.05) is 23.7 Å². The van der Waals surface area contributed by atoms with Gasteiger partial charge in [0.05, 0.1) is 11.7 Å². The molecule has 2 aromatic carbocycles. The Kier molecular flexibility index (Phi) is 2.93. The van der Waals surface area contributed by atoms with E-state index in [0.717, 1.165) is 10.9 Å². The standard InChI is InChI=1S/C14H10ClN3O/c15-11-2-1-3-12(7-11)17-14(19)9-4-5-10-8-16-18-13(10)6-9/h1-8H,(H,16,18)(H,17,19). The van der Waals surface area contributed by atoms with E-state index in [-0.39, 0.29) is 5.91 Å². The fourth-order valence-corrected chi connectivity index (χ4v) is 2.04. The first kappa shape index (κ1) is 11.7. The molecule has 5 heteroatoms. The second kappa shape index (κ2) is 4.74. The Morgan fingerprint density at radius 2 is 2.11 bits per heavy atom. The molecule has 1 amide bonds. The lowest BCUT2D eigenvalue weighted by atomic mass is 10.1. The summed E-state index contributed by atoms with van der Waals surface area (Å²) in [7, 11) is 0. The molecule has 1 aromatic heterocycles. The predicted octanol–water partition coefficient (Wildman–Crippen LogP) is 3.47. The molecule has 0 saturated heterocycles. The van der Waals surface area contributed by atoms with Crippen molar-refractivity contribution in [3.8, 4) is 0 Å². The van der Waals surface area contributed by atoms with Gasteiger partial charge in [0, 0.05) is 21.7 Å². The number of nitrogens with one attached hydrogen (secondary N) is 2. The highest BCUT2D eigenvalue weighted by molar-refractivity contribution is 6.31. The van der Waals surface area contributed by atoms with Crippen molar-refractivity contribution in [2.75, 3.05) is 5.32 Å². The Hall–Kier alpha value is -2.33. The maximum atomic E-state index is 12.1. The van der Waals surface area contributed by atoms with Crippen molar-refractivity contribution in [1.82, 2.24) is 10.2 Å². The maximum absolute atomic E-state index is 12.1. The monoisotopic (exact) mass is 271 g/mol. The number of rotatable bonds is 2. The number of halogens is 1. The van der Waals surface area contributed by atoms with Gasteiger partial charge in [0.2, 0.25) is 0 Å². The van der Waals surface area contributed by atoms with E-state index in [4.69, 9.17) is 11.6 Å². The number of H-pyrrole nitrogens is 1. The third kappa shape index (κ3) is 2.44. The van der Waals surface area contributed by atoms with Crippen LogP contribution in [0, 0.1) is 0 Å². The molecule has 0 aliphatic rings. The normalized spacial score (nSPS) is 10.6. The van der Waals surface area contributed by atoms with Crippen molar-refractivity contribution in [2.45, 2.75) is 0 Å². The van der Waals surface area contributed by atoms with Crippen LogP contribution in [0.4, 0.5) is 5.69 Å². The third-order valence-corrected chi connectivity index (χ3v) is 3.02. The van der Waals surface area contributed by atoms with E-state index in [1.54, 1.807) is 42.6 Å². The average Bonchev–Trinajstić information content (AvgIpc) is 2.85. The largest absolute Gasteiger partial charge is 0.322 e. The molecule has 0 radical (unpaired) electrons. The van der Waals surface area contributed by atoms with E-state index in [0.29, 0.717) is 16.3 Å². The summed E-state index contributed by atoms with van der Waals surface area (Å²) in [5.41, 5.74) is 2.07. The Bertz CT molecular complexity index is 751. The zero-order chi connectivity index (χ0) is 13.2. The van der Waals surface area contributed by atoms with Crippen molar-refractivity contribution in [3.05, 3.63) is 59.2 Å². The number of hydrogen-bond donors (Lipinski definition) is 2. The molecular weight excluding hydrogens is 262 g/mol. The topological polar surface area (TPSA) is 57.8 Å². The minimum absolute atomic E-state index is 0.182. The molecule has 0 fully saturated rings. The SMILES string of the molecule is O=C(Nc1cccc(Cl)c1)c1ccc2cn[nH]c2c1. The second-order valence-electron chi connectivity index (χ2n) is 4.14. The van der Waals surface area contributed by atoms with Gasteiger partial charge in [-0.15, -0.1) is 0 Å². The Labute approximate surface area is 114 Å². The molecule has 3 aromatic rings. The summed E-state index contributed by atoms with van der Waals surface area (Å²) >= 11 is 5.87. The van der Waals surface area contributed by atoms with Gasteiger partial charge in [-0.25, -0.2) is 0 Å². The van der Waals surface area contributed by atoms with Crippen LogP contribution in [-0.2, 0) is 0 Å². The smallest absolute Gasteiger partial charge is 0.255 e. The van der Waals surface area contributed by atoms with E-state index in [9.17, 15) is 4.79 Å². The van der Waals surface area contributed by atoms with E-state index >= 15 is 0 Å². The highest BCUT2D eigenvalue weighted by Crippen LogP contribution is 2.17. The minimum atomic E-state index is -0.182. The fraction of sp³-hybridized carbons (Fsp3) is 0. The van der Waals surface area contributed by atoms with Crippen LogP contribution in [0.25, 0.3) is 10.9 Å². The summed E-state index contributed by atoms with van der Waals surface area (Å²) < 4.78 is 0. The van der Waals surface area contributed by atoms with E-state index < -0.39 is 0 Å². The molecule has 0 saturated carbocycles. The van der Waals surface area contributed by atoms with Crippen molar-refractivity contribution < 1.29 is 4.79 Å². The highest BCUT2D eigenvalue weighted by Gasteiger charge is 2.07. The van der Waals surface area contributed by atoms with Crippen LogP contribution in [0.2, 0.25) is 5.02 Å². The summed E-state index contributed by atoms with van der Waals surface area (Å²) in [6.07, 6.45) is 1.72. The second-order valence-corrected chi connectivity index (χ2v) is 4.57. The van der Waals surface area contributed by atoms with Gasteiger partial charge in [0.1, 0.15) is 0 Å². The zero-order valence-corrected chi connectivity index (χ0v) is 10.6. The first-order chi connectivity index (χ1) is 9.22. The fourth-order valence-electron chi connectivity index (χ4n) is 1.85. The van der Waals surface area contributed by atoms with Crippen LogP contribution in [0.3, 0.4) is 0 Å². The third-order valence-electron chi connectivity index (χ3n) is 2.79. The number of carbonyl (C=O) groups excluding carboxylic acids is 1. The van der Waals surface area contributed by atoms with Gasteiger partial charge in [-0.05, 0) is 30.3 Å². The number of amides is 1. The van der Waals surface area contributed by atoms with Gasteiger partial charge in [0.15, 0.2) is 0 Å². The van der Waals surface area contributed by atoms with Crippen molar-refractivity contribution >= 4 is 34.1 Å². The van der Waals surface area contributed by atoms with Crippen LogP contribution in [0.15, 0.2) is 48.7 Å². The molecule has 19 heavy (non-hydrogen) atoms. The molecule has 0 bridgehead atoms. The molecule has 0 spiro atoms. The number of benzene rings is 2. The maximum Gasteiger partial charge on any atom is 0.255 e. The number of carbonyl (C=O) groups is 1. The van der Waals surface area contributed by atoms with Crippen LogP contribution in [0.1, 0.15) is 10.4 Å². The van der Waals surface area contributed by atoms with E-state index in [1.807, 2.05) is 6.07 Å². The summed E-state index contributed by atoms with van der Waals surface area (Å²) in [5.74, 6) is -0.182. The molecule has 0 atom stereocenters. The molecular formula is C14H10ClN3O. The van der Waals surface area contributed by atoms with Crippen LogP contribution in [-0.4, -0.2) is 16.1 Å². The van der Waals surface area contributed by atoms with Crippen LogP contribution >= 0.6 is 11.6 Å². The molecule has 1 heterocycles. The minimum Gasteiger partial charge on any atom is -0.322 e. The number of aromatic nitrogens is 2. The molecule has 3 rings (SSSR count). The summed E-state index contributed by atoms with van der Waals surface area (Å²) in [6.45, 7) is 0. The zero-order valence-electron chi connectivity index (χ0n) is 9.85. The summed E-state index contributed by atoms with van der Waals surface area (Å²) in [5, 5.41) is 11.1. The number of nitrogens with zero attached hydrogens (tertiary/aromatic N) is 1. The number of fused-ring (bicyclic) bond motifs is 1. The lowest BCUT2D eigenvalue weighted by molar-refractivity contribution is 0.102. The highest BCUT2D eigenvalue weighted by atomic mass is 35.5. The quantitative estimate of drug-likeness (QED) is 0.750. The van der Waals surface area contributed by atoms with Gasteiger partial charge in [-0.3, -0.25) is 9.89 Å². The Morgan fingerprint density at radius 3 is 2.95 bits per heavy atom. The van der Waals surface area contributed by atoms with Crippen molar-refractivity contribution in [3.63, 3.8) is 0 Å². The van der Waals surface area contributed by atoms with Crippen LogP contribution in [0.5, 0.6) is 0 Å². The van der Waals surface area contributed by atoms with Crippen molar-refractivity contribution in [1.29, 1.82) is 0 Å². The van der Waals surface area contributed by atoms with Gasteiger partial charge in [0.25, 0.3) is 5.91 Å². The average molecular weight is 272 g/mol. The van der Waals surface area contributed by atoms with Crippen molar-refractivity contribution in [2.24, 2.45) is 0 Å². The van der Waals surface area contributed by atoms with Gasteiger partial charge >= 0.3 is 0 Å². The molecule has 4 nitrogen and oxygen atoms in total. The lowest BCUT2D eigenvalue weighted by Gasteiger charge is -2.05. The molecule has 0 aliphatic carbocycles. The van der Waals surface area contributed by atoms with Crippen LogP contribution < -0.4 is 5.32 Å². The van der Waals surface area contributed by atoms with E-state index in [1.165, 1.54) is 0 Å². The first-order valence-corrected chi connectivity index (χ1v) is 6.10.